The lowest BCUT2D eigenvalue weighted by Crippen LogP contribution is -2.10. The summed E-state index contributed by atoms with van der Waals surface area (Å²) in [4.78, 5) is 2.28. The van der Waals surface area contributed by atoms with E-state index in [0.29, 0.717) is 0 Å². The third-order valence-electron chi connectivity index (χ3n) is 8.85. The number of furan rings is 3. The van der Waals surface area contributed by atoms with Crippen LogP contribution in [0.25, 0.3) is 76.6 Å². The van der Waals surface area contributed by atoms with Crippen molar-refractivity contribution < 1.29 is 13.3 Å². The Kier molecular flexibility index (Phi) is 4.69. The fourth-order valence-corrected chi connectivity index (χ4v) is 6.86. The molecule has 0 saturated carbocycles. The normalized spacial score (nSPS) is 12.1. The Morgan fingerprint density at radius 1 is 0.364 bits per heavy atom. The van der Waals surface area contributed by atoms with Gasteiger partial charge >= 0.3 is 0 Å². The molecule has 44 heavy (non-hydrogen) atoms. The van der Waals surface area contributed by atoms with Crippen molar-refractivity contribution in [3.05, 3.63) is 140 Å². The zero-order chi connectivity index (χ0) is 28.8. The van der Waals surface area contributed by atoms with Crippen LogP contribution < -0.4 is 4.90 Å². The molecule has 0 N–H and O–H groups in total. The van der Waals surface area contributed by atoms with Crippen LogP contribution in [-0.2, 0) is 0 Å². The molecule has 0 aliphatic rings. The lowest BCUT2D eigenvalue weighted by molar-refractivity contribution is 0.669. The van der Waals surface area contributed by atoms with E-state index in [4.69, 9.17) is 13.3 Å². The van der Waals surface area contributed by atoms with E-state index in [2.05, 4.69) is 120 Å². The zero-order valence-electron chi connectivity index (χ0n) is 23.5. The quantitative estimate of drug-likeness (QED) is 0.214. The van der Waals surface area contributed by atoms with Crippen molar-refractivity contribution in [1.82, 2.24) is 0 Å². The Morgan fingerprint density at radius 3 is 1.59 bits per heavy atom. The highest BCUT2D eigenvalue weighted by Crippen LogP contribution is 2.46. The molecule has 3 heterocycles. The minimum absolute atomic E-state index is 0.841. The number of hydrogen-bond donors (Lipinski definition) is 0. The number of rotatable bonds is 3. The summed E-state index contributed by atoms with van der Waals surface area (Å²) in [6, 6.07) is 48.3. The van der Waals surface area contributed by atoms with Gasteiger partial charge in [-0.1, -0.05) is 72.8 Å². The van der Waals surface area contributed by atoms with Gasteiger partial charge in [-0.15, -0.1) is 0 Å². The van der Waals surface area contributed by atoms with E-state index in [1.54, 1.807) is 0 Å². The molecule has 0 aliphatic heterocycles. The molecule has 3 aromatic heterocycles. The van der Waals surface area contributed by atoms with E-state index in [0.717, 1.165) is 93.7 Å². The van der Waals surface area contributed by atoms with Crippen molar-refractivity contribution in [3.63, 3.8) is 0 Å². The second kappa shape index (κ2) is 8.76. The average molecular weight is 566 g/mol. The van der Waals surface area contributed by atoms with E-state index >= 15 is 0 Å². The topological polar surface area (TPSA) is 42.7 Å². The SMILES string of the molecule is c1ccc2c(c1)ccc1c2oc2cccc(N(c3ccc4c(c3)oc3ccccc34)c3ccc4c(c3)oc3ccccc34)c21. The maximum Gasteiger partial charge on any atom is 0.143 e. The molecule has 0 fully saturated rings. The first-order valence-electron chi connectivity index (χ1n) is 14.8. The minimum atomic E-state index is 0.841. The molecule has 0 unspecified atom stereocenters. The van der Waals surface area contributed by atoms with Gasteiger partial charge in [-0.3, -0.25) is 0 Å². The number of para-hydroxylation sites is 2. The maximum absolute atomic E-state index is 6.58. The standard InChI is InChI=1S/C40H23NO3/c1-2-9-27-24(8-1)16-19-32-39-33(12-7-15-36(39)44-40(27)32)41(25-17-20-30-28-10-3-5-13-34(28)42-37(30)22-25)26-18-21-31-29-11-4-6-14-35(29)43-38(31)23-26/h1-23H. The molecule has 7 aromatic carbocycles. The number of nitrogens with zero attached hydrogens (tertiary/aromatic N) is 1. The molecular formula is C40H23NO3. The first kappa shape index (κ1) is 23.6. The lowest BCUT2D eigenvalue weighted by atomic mass is 10.0. The monoisotopic (exact) mass is 565 g/mol. The highest BCUT2D eigenvalue weighted by atomic mass is 16.3. The van der Waals surface area contributed by atoms with Gasteiger partial charge in [-0.05, 0) is 60.0 Å². The summed E-state index contributed by atoms with van der Waals surface area (Å²) < 4.78 is 19.3. The number of anilines is 3. The third-order valence-corrected chi connectivity index (χ3v) is 8.85. The second-order valence-corrected chi connectivity index (χ2v) is 11.3. The van der Waals surface area contributed by atoms with E-state index in [9.17, 15) is 0 Å². The van der Waals surface area contributed by atoms with E-state index in [-0.39, 0.29) is 0 Å². The molecular weight excluding hydrogens is 542 g/mol. The Morgan fingerprint density at radius 2 is 0.909 bits per heavy atom. The molecule has 10 rings (SSSR count). The summed E-state index contributed by atoms with van der Waals surface area (Å²) in [6.45, 7) is 0. The molecule has 0 bridgehead atoms. The molecule has 4 nitrogen and oxygen atoms in total. The van der Waals surface area contributed by atoms with Crippen LogP contribution in [0, 0.1) is 0 Å². The van der Waals surface area contributed by atoms with Crippen molar-refractivity contribution in [1.29, 1.82) is 0 Å². The minimum Gasteiger partial charge on any atom is -0.456 e. The van der Waals surface area contributed by atoms with Crippen molar-refractivity contribution in [2.24, 2.45) is 0 Å². The maximum atomic E-state index is 6.58. The van der Waals surface area contributed by atoms with Crippen LogP contribution in [0.15, 0.2) is 153 Å². The average Bonchev–Trinajstić information content (AvgIpc) is 3.76. The second-order valence-electron chi connectivity index (χ2n) is 11.3. The van der Waals surface area contributed by atoms with Gasteiger partial charge in [-0.25, -0.2) is 0 Å². The summed E-state index contributed by atoms with van der Waals surface area (Å²) in [6.07, 6.45) is 0. The molecule has 4 heteroatoms. The van der Waals surface area contributed by atoms with Crippen LogP contribution in [0.2, 0.25) is 0 Å². The van der Waals surface area contributed by atoms with E-state index in [1.807, 2.05) is 24.3 Å². The Bertz CT molecular complexity index is 2630. The van der Waals surface area contributed by atoms with Crippen LogP contribution in [0.3, 0.4) is 0 Å². The predicted molar refractivity (Wildman–Crippen MR) is 180 cm³/mol. The first-order chi connectivity index (χ1) is 21.8. The third kappa shape index (κ3) is 3.28. The fraction of sp³-hybridized carbons (Fsp3) is 0. The molecule has 0 saturated heterocycles. The van der Waals surface area contributed by atoms with Gasteiger partial charge in [0.1, 0.15) is 33.5 Å². The summed E-state index contributed by atoms with van der Waals surface area (Å²) in [5, 5.41) is 8.80. The Hall–Kier alpha value is -6.00. The zero-order valence-corrected chi connectivity index (χ0v) is 23.5. The first-order valence-corrected chi connectivity index (χ1v) is 14.8. The van der Waals surface area contributed by atoms with Gasteiger partial charge in [0.25, 0.3) is 0 Å². The smallest absolute Gasteiger partial charge is 0.143 e. The molecule has 10 aromatic rings. The van der Waals surface area contributed by atoms with Crippen LogP contribution in [0.1, 0.15) is 0 Å². The molecule has 206 valence electrons. The number of hydrogen-bond acceptors (Lipinski definition) is 4. The predicted octanol–water partition coefficient (Wildman–Crippen LogP) is 12.0. The fourth-order valence-electron chi connectivity index (χ4n) is 6.86. The number of benzene rings is 7. The van der Waals surface area contributed by atoms with Crippen LogP contribution in [-0.4, -0.2) is 0 Å². The van der Waals surface area contributed by atoms with E-state index < -0.39 is 0 Å². The van der Waals surface area contributed by atoms with Gasteiger partial charge in [0, 0.05) is 55.8 Å². The summed E-state index contributed by atoms with van der Waals surface area (Å²) in [5.41, 5.74) is 8.16. The molecule has 0 amide bonds. The summed E-state index contributed by atoms with van der Waals surface area (Å²) in [5.74, 6) is 0. The van der Waals surface area contributed by atoms with Crippen molar-refractivity contribution in [3.8, 4) is 0 Å². The Labute approximate surface area is 250 Å². The van der Waals surface area contributed by atoms with Gasteiger partial charge in [0.2, 0.25) is 0 Å². The molecule has 0 radical (unpaired) electrons. The lowest BCUT2D eigenvalue weighted by Gasteiger charge is -2.26. The largest absolute Gasteiger partial charge is 0.456 e. The van der Waals surface area contributed by atoms with Crippen molar-refractivity contribution in [2.75, 3.05) is 4.90 Å². The van der Waals surface area contributed by atoms with Crippen LogP contribution in [0.5, 0.6) is 0 Å². The highest BCUT2D eigenvalue weighted by Gasteiger charge is 2.22. The van der Waals surface area contributed by atoms with Gasteiger partial charge in [-0.2, -0.15) is 0 Å². The van der Waals surface area contributed by atoms with E-state index in [1.165, 1.54) is 0 Å². The summed E-state index contributed by atoms with van der Waals surface area (Å²) >= 11 is 0. The van der Waals surface area contributed by atoms with Gasteiger partial charge in [0.05, 0.1) is 11.1 Å². The number of fused-ring (bicyclic) bond motifs is 11. The van der Waals surface area contributed by atoms with Crippen molar-refractivity contribution >= 4 is 93.7 Å². The molecule has 0 atom stereocenters. The van der Waals surface area contributed by atoms with Crippen molar-refractivity contribution in [2.45, 2.75) is 0 Å². The van der Waals surface area contributed by atoms with Gasteiger partial charge < -0.3 is 18.2 Å². The van der Waals surface area contributed by atoms with Crippen LogP contribution >= 0.6 is 0 Å². The van der Waals surface area contributed by atoms with Crippen LogP contribution in [0.4, 0.5) is 17.1 Å². The van der Waals surface area contributed by atoms with Gasteiger partial charge in [0.15, 0.2) is 0 Å². The summed E-state index contributed by atoms with van der Waals surface area (Å²) in [7, 11) is 0. The Balaban J connectivity index is 1.28. The molecule has 0 spiro atoms. The molecule has 0 aliphatic carbocycles. The highest BCUT2D eigenvalue weighted by molar-refractivity contribution is 6.20.